The zero-order valence-corrected chi connectivity index (χ0v) is 46.3. The topological polar surface area (TPSA) is 90.7 Å². The molecule has 0 aliphatic heterocycles. The first-order chi connectivity index (χ1) is 25.5. The fraction of sp³-hybridized carbons (Fsp3) is 0.294. The molecular weight excluding hydrogens is 1450 g/mol. The molecule has 292 valence electrons. The van der Waals surface area contributed by atoms with Gasteiger partial charge in [0, 0.05) is 78.3 Å². The summed E-state index contributed by atoms with van der Waals surface area (Å²) in [5.74, 6) is 5.06. The number of hydrogen-bond acceptors (Lipinski definition) is 10. The Kier molecular flexibility index (Phi) is 32.8. The van der Waals surface area contributed by atoms with Crippen molar-refractivity contribution in [2.75, 3.05) is 49.7 Å². The summed E-state index contributed by atoms with van der Waals surface area (Å²) in [5, 5.41) is 4.26. The molecule has 0 atom stereocenters. The van der Waals surface area contributed by atoms with Crippen LogP contribution in [-0.4, -0.2) is 79.2 Å². The summed E-state index contributed by atoms with van der Waals surface area (Å²) in [7, 11) is 0. The van der Waals surface area contributed by atoms with Gasteiger partial charge in [0.05, 0.1) is 18.7 Å². The van der Waals surface area contributed by atoms with Gasteiger partial charge in [-0.25, -0.2) is 19.9 Å². The summed E-state index contributed by atoms with van der Waals surface area (Å²) >= 11 is 21.8. The monoisotopic (exact) mass is 1490 g/mol. The molecule has 0 radical (unpaired) electrons. The van der Waals surface area contributed by atoms with Crippen LogP contribution in [0.4, 0.5) is 0 Å². The first kappa shape index (κ1) is 52.4. The molecule has 0 amide bonds. The van der Waals surface area contributed by atoms with Crippen molar-refractivity contribution in [2.24, 2.45) is 0 Å². The fourth-order valence-corrected chi connectivity index (χ4v) is 6.11. The van der Waals surface area contributed by atoms with Crippen molar-refractivity contribution in [2.45, 2.75) is 23.2 Å². The number of rotatable bonds is 13. The number of nitrogens with one attached hydrogen (secondary N) is 1. The average Bonchev–Trinajstić information content (AvgIpc) is 3.86. The third kappa shape index (κ3) is 19.8. The van der Waals surface area contributed by atoms with E-state index < -0.39 is 0 Å². The first-order valence-corrected chi connectivity index (χ1v) is 39.8. The van der Waals surface area contributed by atoms with E-state index in [-0.39, 0.29) is 24.0 Å². The predicted molar refractivity (Wildman–Crippen MR) is 276 cm³/mol. The number of aromatic nitrogens is 6. The quantitative estimate of drug-likeness (QED) is 0.0396. The van der Waals surface area contributed by atoms with Gasteiger partial charge in [-0.3, -0.25) is 0 Å². The zero-order valence-electron chi connectivity index (χ0n) is 29.2. The van der Waals surface area contributed by atoms with Crippen molar-refractivity contribution in [3.63, 3.8) is 0 Å². The van der Waals surface area contributed by atoms with E-state index >= 15 is 0 Å². The molecule has 0 fully saturated rings. The van der Waals surface area contributed by atoms with Gasteiger partial charge in [-0.1, -0.05) is 47.3 Å². The van der Waals surface area contributed by atoms with Crippen LogP contribution in [-0.2, 0) is 0 Å². The molecular formula is C34H40ClI6N6O2S4-. The second-order valence-electron chi connectivity index (χ2n) is 9.78. The summed E-state index contributed by atoms with van der Waals surface area (Å²) < 4.78 is 13.8. The average molecular weight is 1490 g/mol. The van der Waals surface area contributed by atoms with Crippen LogP contribution in [0.25, 0.3) is 27.6 Å². The number of nitrogens with zero attached hydrogens (tertiary/aromatic N) is 5. The van der Waals surface area contributed by atoms with Crippen LogP contribution in [0.3, 0.4) is 0 Å². The number of aromatic amines is 1. The van der Waals surface area contributed by atoms with Gasteiger partial charge in [0.15, 0.2) is 10.3 Å². The van der Waals surface area contributed by atoms with E-state index in [0.717, 1.165) is 76.5 Å². The summed E-state index contributed by atoms with van der Waals surface area (Å²) in [6, 6.07) is 20.0. The summed E-state index contributed by atoms with van der Waals surface area (Å²) in [5.41, 5.74) is 2.23. The Labute approximate surface area is 405 Å². The van der Waals surface area contributed by atoms with Crippen molar-refractivity contribution in [1.82, 2.24) is 29.5 Å². The Balaban J connectivity index is 0.000000402. The molecule has 0 aliphatic rings. The summed E-state index contributed by atoms with van der Waals surface area (Å²) in [6.07, 6.45) is 17.7. The molecule has 53 heavy (non-hydrogen) atoms. The number of ether oxygens (including phenoxy) is 2. The van der Waals surface area contributed by atoms with Crippen molar-refractivity contribution >= 4 is 179 Å². The van der Waals surface area contributed by atoms with E-state index in [9.17, 15) is 0 Å². The van der Waals surface area contributed by atoms with Crippen LogP contribution in [0.15, 0.2) is 95.8 Å². The van der Waals surface area contributed by atoms with E-state index in [1.165, 1.54) is 17.1 Å². The number of fused-ring (bicyclic) bond motifs is 2. The molecule has 1 N–H and O–H groups in total. The van der Waals surface area contributed by atoms with Crippen molar-refractivity contribution in [3.8, 4) is 17.3 Å². The molecule has 0 saturated heterocycles. The number of benzene rings is 2. The fourth-order valence-electron chi connectivity index (χ4n) is 4.40. The molecule has 4 heterocycles. The minimum atomic E-state index is 0. The normalized spacial score (nSPS) is 9.98. The Morgan fingerprint density at radius 2 is 1.32 bits per heavy atom. The van der Waals surface area contributed by atoms with Gasteiger partial charge in [0.25, 0.3) is 0 Å². The second-order valence-corrected chi connectivity index (χ2v) is 29.9. The Morgan fingerprint density at radius 3 is 1.89 bits per heavy atom. The Hall–Kier alpha value is 1.35. The van der Waals surface area contributed by atoms with Crippen LogP contribution in [0.1, 0.15) is 12.8 Å². The number of hydrogen-bond donors (Lipinski definition) is 1. The van der Waals surface area contributed by atoms with Crippen LogP contribution in [0, 0.1) is 0 Å². The van der Waals surface area contributed by atoms with E-state index in [1.54, 1.807) is 30.2 Å². The maximum atomic E-state index is 5.95. The van der Waals surface area contributed by atoms with Crippen LogP contribution >= 0.6 is 157 Å². The number of halogens is 7. The molecule has 6 aromatic rings. The third-order valence-corrected chi connectivity index (χ3v) is 9.31. The van der Waals surface area contributed by atoms with Crippen molar-refractivity contribution < 1.29 is 22.7 Å². The molecule has 0 aliphatic carbocycles. The molecule has 0 unspecified atom stereocenters. The predicted octanol–water partition coefficient (Wildman–Crippen LogP) is 10.6. The molecule has 0 spiro atoms. The standard InChI is InChI=1S/C17H19N3OS2.C12H15NOS.C5H5ClN2S.I3.I2.HI/c1-22-12-4-11-21-15-6-3-5-14-13(15)8-10-20(14)16-7-9-18-17(19-16)23-2;1-15-9-3-8-14-12-5-2-4-11-10(12)6-7-13-11;1-9-5-7-3-2-4(6)8-5;1-3-2;1-2;/h3,5-10H,4,11-12H2,1-2H3;2,4-7,13H,3,8-9H2,1H3;2-3H,1H3;;;1H/q;;;-1;;. The number of thioether (sulfide) groups is 4. The molecule has 0 bridgehead atoms. The maximum absolute atomic E-state index is 5.95. The van der Waals surface area contributed by atoms with Gasteiger partial charge in [-0.15, -0.1) is 24.0 Å². The Bertz CT molecular complexity index is 1850. The van der Waals surface area contributed by atoms with E-state index in [0.29, 0.717) is 23.6 Å². The third-order valence-electron chi connectivity index (χ3n) is 6.58. The van der Waals surface area contributed by atoms with E-state index in [4.69, 9.17) is 21.1 Å². The van der Waals surface area contributed by atoms with Crippen LogP contribution in [0.5, 0.6) is 11.5 Å². The second kappa shape index (κ2) is 33.2. The SMILES string of the molecule is CSCCCOc1cccc2[nH]ccc12.CSCCCOc1cccc2c1ccn2-c1ccnc(SC)n1.CSc1nccc(Cl)n1.I.II.I[I-]I. The van der Waals surface area contributed by atoms with Crippen LogP contribution < -0.4 is 22.7 Å². The van der Waals surface area contributed by atoms with Gasteiger partial charge in [0.1, 0.15) is 22.5 Å². The van der Waals surface area contributed by atoms with Gasteiger partial charge in [-0.2, -0.15) is 23.5 Å². The molecule has 2 aromatic carbocycles. The molecule has 8 nitrogen and oxygen atoms in total. The minimum absolute atomic E-state index is 0. The van der Waals surface area contributed by atoms with Crippen LogP contribution in [0.2, 0.25) is 5.15 Å². The number of H-pyrrole nitrogens is 1. The van der Waals surface area contributed by atoms with E-state index in [2.05, 4.69) is 141 Å². The molecule has 19 heteroatoms. The first-order valence-electron chi connectivity index (χ1n) is 15.3. The van der Waals surface area contributed by atoms with Crippen molar-refractivity contribution in [3.05, 3.63) is 90.6 Å². The van der Waals surface area contributed by atoms with Gasteiger partial charge < -0.3 is 19.0 Å². The zero-order chi connectivity index (χ0) is 38.0. The molecule has 4 aromatic heterocycles. The van der Waals surface area contributed by atoms with Crippen molar-refractivity contribution in [1.29, 1.82) is 0 Å². The van der Waals surface area contributed by atoms with Gasteiger partial charge in [0.2, 0.25) is 0 Å². The van der Waals surface area contributed by atoms with Gasteiger partial charge in [-0.05, 0) is 97.9 Å². The molecule has 0 saturated carbocycles. The van der Waals surface area contributed by atoms with Gasteiger partial charge >= 0.3 is 50.5 Å². The van der Waals surface area contributed by atoms with E-state index in [1.807, 2.05) is 78.8 Å². The summed E-state index contributed by atoms with van der Waals surface area (Å²) in [6.45, 7) is 1.54. The Morgan fingerprint density at radius 1 is 0.755 bits per heavy atom. The summed E-state index contributed by atoms with van der Waals surface area (Å²) in [4.78, 5) is 19.8. The molecule has 6 rings (SSSR count).